The number of nitrogens with two attached hydrogens (primary N) is 1. The van der Waals surface area contributed by atoms with Gasteiger partial charge in [-0.15, -0.1) is 12.3 Å². The lowest BCUT2D eigenvalue weighted by atomic mass is 10.2. The molecule has 2 heterocycles. The fourth-order valence-corrected chi connectivity index (χ4v) is 2.98. The van der Waals surface area contributed by atoms with E-state index in [2.05, 4.69) is 21.1 Å². The van der Waals surface area contributed by atoms with Crippen molar-refractivity contribution < 1.29 is 4.79 Å². The molecule has 0 aromatic carbocycles. The lowest BCUT2D eigenvalue weighted by molar-refractivity contribution is 0.0945. The van der Waals surface area contributed by atoms with Gasteiger partial charge in [-0.25, -0.2) is 4.98 Å². The molecule has 2 rings (SSSR count). The van der Waals surface area contributed by atoms with E-state index in [9.17, 15) is 4.79 Å². The summed E-state index contributed by atoms with van der Waals surface area (Å²) in [6, 6.07) is -0.0609. The average molecular weight is 278 g/mol. The third-order valence-electron chi connectivity index (χ3n) is 3.03. The highest BCUT2D eigenvalue weighted by Crippen LogP contribution is 2.30. The number of aromatic nitrogens is 1. The van der Waals surface area contributed by atoms with Gasteiger partial charge in [0.25, 0.3) is 5.91 Å². The topological polar surface area (TPSA) is 71.2 Å². The number of hydrogen-bond acceptors (Lipinski definition) is 5. The van der Waals surface area contributed by atoms with E-state index in [0.717, 1.165) is 18.2 Å². The van der Waals surface area contributed by atoms with Gasteiger partial charge in [-0.05, 0) is 19.8 Å². The number of hydrogen-bond donors (Lipinski definition) is 2. The second kappa shape index (κ2) is 5.93. The molecule has 1 atom stereocenters. The highest BCUT2D eigenvalue weighted by atomic mass is 32.1. The van der Waals surface area contributed by atoms with Gasteiger partial charge in [0, 0.05) is 25.6 Å². The summed E-state index contributed by atoms with van der Waals surface area (Å²) < 4.78 is 0. The number of amides is 1. The predicted molar refractivity (Wildman–Crippen MR) is 78.4 cm³/mol. The van der Waals surface area contributed by atoms with E-state index < -0.39 is 0 Å². The summed E-state index contributed by atoms with van der Waals surface area (Å²) in [5.41, 5.74) is 5.83. The summed E-state index contributed by atoms with van der Waals surface area (Å²) in [4.78, 5) is 19.0. The molecule has 0 aliphatic carbocycles. The van der Waals surface area contributed by atoms with Crippen LogP contribution in [0.5, 0.6) is 0 Å². The third-order valence-corrected chi connectivity index (χ3v) is 4.16. The summed E-state index contributed by atoms with van der Waals surface area (Å²) in [6.45, 7) is 3.85. The molecule has 1 unspecified atom stereocenters. The van der Waals surface area contributed by atoms with Gasteiger partial charge in [0.2, 0.25) is 0 Å². The molecule has 1 aromatic heterocycles. The zero-order valence-corrected chi connectivity index (χ0v) is 11.8. The number of nitrogen functional groups attached to an aromatic ring is 1. The molecule has 102 valence electrons. The van der Waals surface area contributed by atoms with Crippen molar-refractivity contribution in [2.24, 2.45) is 0 Å². The second-order valence-electron chi connectivity index (χ2n) is 4.69. The Balaban J connectivity index is 2.07. The number of terminal acetylenes is 1. The monoisotopic (exact) mass is 278 g/mol. The van der Waals surface area contributed by atoms with Crippen LogP contribution in [0.4, 0.5) is 10.9 Å². The molecule has 0 bridgehead atoms. The highest BCUT2D eigenvalue weighted by molar-refractivity contribution is 7.18. The van der Waals surface area contributed by atoms with Crippen molar-refractivity contribution in [1.82, 2.24) is 10.3 Å². The highest BCUT2D eigenvalue weighted by Gasteiger charge is 2.22. The van der Waals surface area contributed by atoms with Gasteiger partial charge in [0.1, 0.15) is 10.7 Å². The van der Waals surface area contributed by atoms with Crippen LogP contribution < -0.4 is 16.0 Å². The van der Waals surface area contributed by atoms with Crippen molar-refractivity contribution in [3.05, 3.63) is 4.88 Å². The molecule has 19 heavy (non-hydrogen) atoms. The van der Waals surface area contributed by atoms with Crippen LogP contribution in [-0.4, -0.2) is 30.0 Å². The molecule has 0 spiro atoms. The molecule has 5 nitrogen and oxygen atoms in total. The Labute approximate surface area is 117 Å². The van der Waals surface area contributed by atoms with Crippen LogP contribution in [0.1, 0.15) is 35.9 Å². The first-order valence-electron chi connectivity index (χ1n) is 6.37. The van der Waals surface area contributed by atoms with Crippen LogP contribution in [-0.2, 0) is 0 Å². The number of rotatable bonds is 4. The third kappa shape index (κ3) is 3.18. The first-order valence-corrected chi connectivity index (χ1v) is 7.19. The van der Waals surface area contributed by atoms with Crippen molar-refractivity contribution in [3.8, 4) is 12.3 Å². The van der Waals surface area contributed by atoms with Crippen molar-refractivity contribution in [1.29, 1.82) is 0 Å². The zero-order valence-electron chi connectivity index (χ0n) is 11.0. The minimum atomic E-state index is -0.191. The number of anilines is 2. The van der Waals surface area contributed by atoms with E-state index in [1.165, 1.54) is 24.2 Å². The summed E-state index contributed by atoms with van der Waals surface area (Å²) >= 11 is 1.35. The molecule has 1 aromatic rings. The fraction of sp³-hybridized carbons (Fsp3) is 0.538. The van der Waals surface area contributed by atoms with Crippen molar-refractivity contribution in [3.63, 3.8) is 0 Å². The molecule has 3 N–H and O–H groups in total. The maximum Gasteiger partial charge on any atom is 0.265 e. The smallest absolute Gasteiger partial charge is 0.265 e. The fourth-order valence-electron chi connectivity index (χ4n) is 2.04. The Hall–Kier alpha value is -1.74. The minimum absolute atomic E-state index is 0.0609. The Bertz CT molecular complexity index is 499. The Morgan fingerprint density at radius 1 is 1.63 bits per heavy atom. The van der Waals surface area contributed by atoms with E-state index in [4.69, 9.17) is 12.2 Å². The lowest BCUT2D eigenvalue weighted by Crippen LogP contribution is -2.32. The molecule has 0 saturated carbocycles. The molecule has 6 heteroatoms. The molecule has 1 amide bonds. The van der Waals surface area contributed by atoms with Crippen LogP contribution in [0.15, 0.2) is 0 Å². The van der Waals surface area contributed by atoms with Crippen LogP contribution in [0.25, 0.3) is 0 Å². The summed E-state index contributed by atoms with van der Waals surface area (Å²) in [5.74, 6) is 2.63. The summed E-state index contributed by atoms with van der Waals surface area (Å²) in [6.07, 6.45) is 8.06. The average Bonchev–Trinajstić information content (AvgIpc) is 2.97. The largest absolute Gasteiger partial charge is 0.382 e. The molecule has 1 fully saturated rings. The van der Waals surface area contributed by atoms with Crippen molar-refractivity contribution in [2.45, 2.75) is 32.2 Å². The van der Waals surface area contributed by atoms with Gasteiger partial charge in [-0.3, -0.25) is 4.79 Å². The van der Waals surface area contributed by atoms with Gasteiger partial charge in [-0.1, -0.05) is 11.3 Å². The maximum atomic E-state index is 12.1. The normalized spacial score (nSPS) is 16.1. The SMILES string of the molecule is C#CCC(C)NC(=O)c1sc(N2CCCC2)nc1N. The Morgan fingerprint density at radius 3 is 2.95 bits per heavy atom. The van der Waals surface area contributed by atoms with Crippen molar-refractivity contribution >= 4 is 28.2 Å². The van der Waals surface area contributed by atoms with Crippen molar-refractivity contribution in [2.75, 3.05) is 23.7 Å². The first-order chi connectivity index (χ1) is 9.11. The summed E-state index contributed by atoms with van der Waals surface area (Å²) in [5, 5.41) is 3.67. The van der Waals surface area contributed by atoms with Gasteiger partial charge >= 0.3 is 0 Å². The van der Waals surface area contributed by atoms with E-state index >= 15 is 0 Å². The number of thiazole rings is 1. The van der Waals surface area contributed by atoms with Gasteiger partial charge in [-0.2, -0.15) is 0 Å². The van der Waals surface area contributed by atoms with Crippen LogP contribution in [0.2, 0.25) is 0 Å². The van der Waals surface area contributed by atoms with Gasteiger partial charge in [0.05, 0.1) is 0 Å². The van der Waals surface area contributed by atoms with Crippen LogP contribution in [0, 0.1) is 12.3 Å². The molecule has 1 saturated heterocycles. The number of carbonyl (C=O) groups is 1. The predicted octanol–water partition coefficient (Wildman–Crippen LogP) is 1.47. The summed E-state index contributed by atoms with van der Waals surface area (Å²) in [7, 11) is 0. The van der Waals surface area contributed by atoms with E-state index in [1.807, 2.05) is 6.92 Å². The van der Waals surface area contributed by atoms with E-state index in [0.29, 0.717) is 17.1 Å². The van der Waals surface area contributed by atoms with E-state index in [1.54, 1.807) is 0 Å². The molecule has 0 radical (unpaired) electrons. The number of nitrogens with zero attached hydrogens (tertiary/aromatic N) is 2. The van der Waals surface area contributed by atoms with Crippen LogP contribution in [0.3, 0.4) is 0 Å². The molecule has 1 aliphatic heterocycles. The molecule has 1 aliphatic rings. The van der Waals surface area contributed by atoms with Gasteiger partial charge < -0.3 is 16.0 Å². The Morgan fingerprint density at radius 2 is 2.32 bits per heavy atom. The van der Waals surface area contributed by atoms with Gasteiger partial charge in [0.15, 0.2) is 5.13 Å². The molecular formula is C13H18N4OS. The quantitative estimate of drug-likeness (QED) is 0.818. The van der Waals surface area contributed by atoms with E-state index in [-0.39, 0.29) is 11.9 Å². The standard InChI is InChI=1S/C13H18N4OS/c1-3-6-9(2)15-12(18)10-11(14)16-13(19-10)17-7-4-5-8-17/h1,9H,4-8,14H2,2H3,(H,15,18). The Kier molecular flexibility index (Phi) is 4.27. The number of carbonyl (C=O) groups excluding carboxylic acids is 1. The van der Waals surface area contributed by atoms with Crippen LogP contribution >= 0.6 is 11.3 Å². The minimum Gasteiger partial charge on any atom is -0.382 e. The molecular weight excluding hydrogens is 260 g/mol. The zero-order chi connectivity index (χ0) is 13.8. The number of nitrogens with one attached hydrogen (secondary N) is 1. The first kappa shape index (κ1) is 13.7. The second-order valence-corrected chi connectivity index (χ2v) is 5.67. The maximum absolute atomic E-state index is 12.1. The lowest BCUT2D eigenvalue weighted by Gasteiger charge is -2.12.